The third kappa shape index (κ3) is 4.40. The van der Waals surface area contributed by atoms with Crippen LogP contribution in [0.4, 0.5) is 23.7 Å². The highest BCUT2D eigenvalue weighted by molar-refractivity contribution is 5.86. The van der Waals surface area contributed by atoms with Crippen LogP contribution < -0.4 is 10.1 Å². The highest BCUT2D eigenvalue weighted by atomic mass is 19.4. The second-order valence-corrected chi connectivity index (χ2v) is 7.23. The summed E-state index contributed by atoms with van der Waals surface area (Å²) in [6.45, 7) is -0.490. The van der Waals surface area contributed by atoms with E-state index < -0.39 is 23.5 Å². The highest BCUT2D eigenvalue weighted by Crippen LogP contribution is 2.44. The number of aliphatic hydroxyl groups is 1. The molecule has 4 rings (SSSR count). The zero-order valence-corrected chi connectivity index (χ0v) is 16.9. The molecule has 0 unspecified atom stereocenters. The van der Waals surface area contributed by atoms with Gasteiger partial charge in [-0.25, -0.2) is 4.79 Å². The van der Waals surface area contributed by atoms with Crippen molar-refractivity contribution in [3.05, 3.63) is 83.4 Å². The molecule has 0 spiro atoms. The first kappa shape index (κ1) is 21.7. The molecule has 3 aromatic carbocycles. The quantitative estimate of drug-likeness (QED) is 0.533. The van der Waals surface area contributed by atoms with Gasteiger partial charge < -0.3 is 14.6 Å². The molecule has 8 heteroatoms. The summed E-state index contributed by atoms with van der Waals surface area (Å²) in [7, 11) is 0. The van der Waals surface area contributed by atoms with E-state index in [0.717, 1.165) is 34.4 Å². The van der Waals surface area contributed by atoms with Crippen molar-refractivity contribution in [1.29, 1.82) is 0 Å². The van der Waals surface area contributed by atoms with Crippen molar-refractivity contribution < 1.29 is 32.5 Å². The Kier molecular flexibility index (Phi) is 6.05. The summed E-state index contributed by atoms with van der Waals surface area (Å²) in [5.74, 6) is -0.269. The lowest BCUT2D eigenvalue weighted by Crippen LogP contribution is -2.20. The average Bonchev–Trinajstić information content (AvgIpc) is 3.10. The molecule has 0 aromatic heterocycles. The van der Waals surface area contributed by atoms with E-state index in [2.05, 4.69) is 5.32 Å². The molecule has 32 heavy (non-hydrogen) atoms. The van der Waals surface area contributed by atoms with Gasteiger partial charge in [0.15, 0.2) is 0 Å². The number of benzene rings is 3. The molecular formula is C24H20F3NO4. The first-order valence-electron chi connectivity index (χ1n) is 9.95. The van der Waals surface area contributed by atoms with Gasteiger partial charge in [0.25, 0.3) is 0 Å². The summed E-state index contributed by atoms with van der Waals surface area (Å²) >= 11 is 0. The van der Waals surface area contributed by atoms with Crippen molar-refractivity contribution in [3.8, 4) is 16.9 Å². The number of rotatable bonds is 6. The van der Waals surface area contributed by atoms with Crippen LogP contribution in [0.2, 0.25) is 0 Å². The Bertz CT molecular complexity index is 1080. The van der Waals surface area contributed by atoms with E-state index in [0.29, 0.717) is 0 Å². The van der Waals surface area contributed by atoms with Crippen LogP contribution in [0.1, 0.15) is 22.6 Å². The number of nitrogens with one attached hydrogen (secondary N) is 1. The van der Waals surface area contributed by atoms with Crippen LogP contribution in [0.25, 0.3) is 11.1 Å². The van der Waals surface area contributed by atoms with Gasteiger partial charge in [-0.2, -0.15) is 13.2 Å². The van der Waals surface area contributed by atoms with Crippen LogP contribution in [0, 0.1) is 0 Å². The number of carbonyl (C=O) groups is 1. The van der Waals surface area contributed by atoms with E-state index >= 15 is 0 Å². The first-order valence-corrected chi connectivity index (χ1v) is 9.95. The minimum Gasteiger partial charge on any atom is -0.491 e. The van der Waals surface area contributed by atoms with Gasteiger partial charge in [0, 0.05) is 5.92 Å². The molecule has 0 atom stereocenters. The van der Waals surface area contributed by atoms with Crippen molar-refractivity contribution in [1.82, 2.24) is 0 Å². The third-order valence-corrected chi connectivity index (χ3v) is 5.24. The highest BCUT2D eigenvalue weighted by Gasteiger charge is 2.35. The molecule has 2 N–H and O–H groups in total. The number of anilines is 1. The van der Waals surface area contributed by atoms with Crippen molar-refractivity contribution in [3.63, 3.8) is 0 Å². The maximum Gasteiger partial charge on any atom is 0.418 e. The van der Waals surface area contributed by atoms with Crippen LogP contribution in [0.3, 0.4) is 0 Å². The number of halogens is 3. The fraction of sp³-hybridized carbons (Fsp3) is 0.208. The van der Waals surface area contributed by atoms with E-state index in [1.807, 2.05) is 48.5 Å². The molecule has 0 radical (unpaired) electrons. The van der Waals surface area contributed by atoms with Gasteiger partial charge in [-0.15, -0.1) is 0 Å². The third-order valence-electron chi connectivity index (χ3n) is 5.24. The molecule has 166 valence electrons. The number of hydrogen-bond donors (Lipinski definition) is 2. The molecule has 3 aromatic rings. The van der Waals surface area contributed by atoms with E-state index in [9.17, 15) is 18.0 Å². The van der Waals surface area contributed by atoms with Gasteiger partial charge in [-0.05, 0) is 40.5 Å². The first-order chi connectivity index (χ1) is 15.4. The SMILES string of the molecule is O=C(Nc1ccc(OCCO)cc1C(F)(F)F)OCC1c2ccccc2-c2ccccc21. The number of hydrogen-bond acceptors (Lipinski definition) is 4. The summed E-state index contributed by atoms with van der Waals surface area (Å²) < 4.78 is 50.8. The predicted molar refractivity (Wildman–Crippen MR) is 113 cm³/mol. The van der Waals surface area contributed by atoms with Crippen LogP contribution in [0.15, 0.2) is 66.7 Å². The molecule has 0 saturated heterocycles. The van der Waals surface area contributed by atoms with Crippen molar-refractivity contribution in [2.45, 2.75) is 12.1 Å². The molecule has 1 aliphatic rings. The lowest BCUT2D eigenvalue weighted by molar-refractivity contribution is -0.137. The molecule has 0 heterocycles. The fourth-order valence-electron chi connectivity index (χ4n) is 3.86. The Labute approximate surface area is 182 Å². The largest absolute Gasteiger partial charge is 0.491 e. The lowest BCUT2D eigenvalue weighted by Gasteiger charge is -2.17. The Hall–Kier alpha value is -3.52. The number of amides is 1. The monoisotopic (exact) mass is 443 g/mol. The summed E-state index contributed by atoms with van der Waals surface area (Å²) in [5, 5.41) is 11.0. The molecule has 0 saturated carbocycles. The summed E-state index contributed by atoms with van der Waals surface area (Å²) in [5.41, 5.74) is 2.60. The van der Waals surface area contributed by atoms with Crippen molar-refractivity contribution in [2.24, 2.45) is 0 Å². The standard InChI is InChI=1S/C24H20F3NO4/c25-24(26,27)21-13-15(31-12-11-29)9-10-22(21)28-23(30)32-14-20-18-7-3-1-5-16(18)17-6-2-4-8-19(17)20/h1-10,13,20,29H,11-12,14H2,(H,28,30). The molecule has 1 aliphatic carbocycles. The maximum absolute atomic E-state index is 13.5. The summed E-state index contributed by atoms with van der Waals surface area (Å²) in [6, 6.07) is 18.7. The molecule has 0 bridgehead atoms. The Morgan fingerprint density at radius 1 is 0.969 bits per heavy atom. The normalized spacial score (nSPS) is 12.8. The second kappa shape index (κ2) is 8.92. The molecule has 1 amide bonds. The minimum atomic E-state index is -4.72. The minimum absolute atomic E-state index is 0.0150. The van der Waals surface area contributed by atoms with Gasteiger partial charge in [0.05, 0.1) is 17.9 Å². The Morgan fingerprint density at radius 3 is 2.19 bits per heavy atom. The van der Waals surface area contributed by atoms with E-state index in [1.54, 1.807) is 0 Å². The fourth-order valence-corrected chi connectivity index (χ4v) is 3.86. The molecule has 0 aliphatic heterocycles. The van der Waals surface area contributed by atoms with Gasteiger partial charge in [-0.3, -0.25) is 5.32 Å². The topological polar surface area (TPSA) is 67.8 Å². The average molecular weight is 443 g/mol. The smallest absolute Gasteiger partial charge is 0.418 e. The lowest BCUT2D eigenvalue weighted by atomic mass is 9.98. The van der Waals surface area contributed by atoms with Crippen LogP contribution in [0.5, 0.6) is 5.75 Å². The summed E-state index contributed by atoms with van der Waals surface area (Å²) in [4.78, 5) is 12.4. The van der Waals surface area contributed by atoms with Crippen molar-refractivity contribution >= 4 is 11.8 Å². The number of ether oxygens (including phenoxy) is 2. The van der Waals surface area contributed by atoms with E-state index in [1.165, 1.54) is 6.07 Å². The van der Waals surface area contributed by atoms with Gasteiger partial charge in [0.2, 0.25) is 0 Å². The second-order valence-electron chi connectivity index (χ2n) is 7.23. The molecule has 0 fully saturated rings. The number of fused-ring (bicyclic) bond motifs is 3. The zero-order valence-electron chi connectivity index (χ0n) is 16.9. The molecular weight excluding hydrogens is 423 g/mol. The van der Waals surface area contributed by atoms with Crippen LogP contribution >= 0.6 is 0 Å². The van der Waals surface area contributed by atoms with Crippen molar-refractivity contribution in [2.75, 3.05) is 25.1 Å². The van der Waals surface area contributed by atoms with Gasteiger partial charge in [0.1, 0.15) is 19.0 Å². The molecule has 5 nitrogen and oxygen atoms in total. The number of aliphatic hydroxyl groups excluding tert-OH is 1. The van der Waals surface area contributed by atoms with E-state index in [4.69, 9.17) is 14.6 Å². The van der Waals surface area contributed by atoms with Crippen LogP contribution in [-0.4, -0.2) is 31.0 Å². The zero-order chi connectivity index (χ0) is 22.7. The predicted octanol–water partition coefficient (Wildman–Crippen LogP) is 5.44. The van der Waals surface area contributed by atoms with Crippen LogP contribution in [-0.2, 0) is 10.9 Å². The van der Waals surface area contributed by atoms with E-state index in [-0.39, 0.29) is 31.5 Å². The Morgan fingerprint density at radius 2 is 1.59 bits per heavy atom. The number of alkyl halides is 3. The maximum atomic E-state index is 13.5. The van der Waals surface area contributed by atoms with Gasteiger partial charge >= 0.3 is 12.3 Å². The van der Waals surface area contributed by atoms with Gasteiger partial charge in [-0.1, -0.05) is 48.5 Å². The Balaban J connectivity index is 1.49. The number of carbonyl (C=O) groups excluding carboxylic acids is 1. The summed E-state index contributed by atoms with van der Waals surface area (Å²) in [6.07, 6.45) is -5.70.